The molecule has 0 fully saturated rings. The molecule has 0 N–H and O–H groups in total. The molecule has 0 atom stereocenters. The summed E-state index contributed by atoms with van der Waals surface area (Å²) in [6.45, 7) is 0. The van der Waals surface area contributed by atoms with Crippen molar-refractivity contribution < 1.29 is 31.9 Å². The Labute approximate surface area is 313 Å². The van der Waals surface area contributed by atoms with Crippen LogP contribution in [0.5, 0.6) is 0 Å². The molecule has 1 aliphatic rings. The van der Waals surface area contributed by atoms with Crippen LogP contribution in [0.1, 0.15) is 11.1 Å². The Balaban J connectivity index is 0.000000172. The molecule has 1 aliphatic carbocycles. The van der Waals surface area contributed by atoms with Crippen LogP contribution in [0.25, 0.3) is 6.08 Å². The fourth-order valence-electron chi connectivity index (χ4n) is 5.55. The minimum Gasteiger partial charge on any atom is -1.00 e. The third kappa shape index (κ3) is 10.8. The Bertz CT molecular complexity index is 1630. The molecule has 0 aliphatic heterocycles. The van der Waals surface area contributed by atoms with E-state index >= 15 is 0 Å². The molecule has 7 aromatic carbocycles. The second-order valence-electron chi connectivity index (χ2n) is 11.0. The third-order valence-corrected chi connectivity index (χ3v) is 12.7. The molecule has 0 saturated heterocycles. The minimum absolute atomic E-state index is 0. The molecule has 0 amide bonds. The van der Waals surface area contributed by atoms with Crippen LogP contribution in [0.15, 0.2) is 212 Å². The van der Waals surface area contributed by atoms with Gasteiger partial charge in [0.05, 0.1) is 0 Å². The molecule has 49 heavy (non-hydrogen) atoms. The van der Waals surface area contributed by atoms with Crippen molar-refractivity contribution in [3.05, 3.63) is 223 Å². The summed E-state index contributed by atoms with van der Waals surface area (Å²) in [6, 6.07) is 73.1. The normalized spacial score (nSPS) is 10.7. The van der Waals surface area contributed by atoms with Crippen molar-refractivity contribution in [2.45, 2.75) is 6.42 Å². The molecule has 8 rings (SSSR count). The Morgan fingerprint density at radius 3 is 0.816 bits per heavy atom. The van der Waals surface area contributed by atoms with Crippen LogP contribution in [0, 0.1) is 0 Å². The SMILES string of the molecule is C1=Cc2ccccc2C1.[Cl-].[Ru+].c1ccc(P(c2ccccc2)c2ccccc2)cc1.c1ccc(P(c2ccccc2)c2ccccc2)cc1. The van der Waals surface area contributed by atoms with Crippen molar-refractivity contribution in [1.82, 2.24) is 0 Å². The quantitative estimate of drug-likeness (QED) is 0.141. The largest absolute Gasteiger partial charge is 1.00 e. The van der Waals surface area contributed by atoms with Gasteiger partial charge in [-0.05, 0) is 65.2 Å². The second-order valence-corrected chi connectivity index (χ2v) is 15.4. The minimum atomic E-state index is -0.446. The molecule has 0 bridgehead atoms. The van der Waals surface area contributed by atoms with E-state index in [1.54, 1.807) is 0 Å². The molecule has 1 radical (unpaired) electrons. The Hall–Kier alpha value is -3.95. The van der Waals surface area contributed by atoms with Gasteiger partial charge in [0.1, 0.15) is 0 Å². The van der Waals surface area contributed by atoms with Gasteiger partial charge in [-0.15, -0.1) is 0 Å². The van der Waals surface area contributed by atoms with Gasteiger partial charge in [0.15, 0.2) is 0 Å². The maximum absolute atomic E-state index is 2.23. The Morgan fingerprint density at radius 1 is 0.306 bits per heavy atom. The molecule has 0 spiro atoms. The number of rotatable bonds is 6. The number of hydrogen-bond acceptors (Lipinski definition) is 0. The van der Waals surface area contributed by atoms with E-state index in [0.29, 0.717) is 0 Å². The smallest absolute Gasteiger partial charge is 1.00 e. The van der Waals surface area contributed by atoms with E-state index in [1.807, 2.05) is 0 Å². The summed E-state index contributed by atoms with van der Waals surface area (Å²) in [5.74, 6) is 0. The zero-order valence-corrected chi connectivity index (χ0v) is 31.4. The van der Waals surface area contributed by atoms with Crippen molar-refractivity contribution in [1.29, 1.82) is 0 Å². The number of hydrogen-bond donors (Lipinski definition) is 0. The second kappa shape index (κ2) is 20.5. The molecule has 0 nitrogen and oxygen atoms in total. The average Bonchev–Trinajstić information content (AvgIpc) is 3.65. The maximum atomic E-state index is 2.23. The van der Waals surface area contributed by atoms with Crippen molar-refractivity contribution in [2.24, 2.45) is 0 Å². The summed E-state index contributed by atoms with van der Waals surface area (Å²) in [4.78, 5) is 0. The van der Waals surface area contributed by atoms with Gasteiger partial charge in [0, 0.05) is 0 Å². The van der Waals surface area contributed by atoms with E-state index < -0.39 is 15.8 Å². The van der Waals surface area contributed by atoms with E-state index in [4.69, 9.17) is 0 Å². The van der Waals surface area contributed by atoms with Gasteiger partial charge in [-0.1, -0.05) is 218 Å². The van der Waals surface area contributed by atoms with Crippen molar-refractivity contribution >= 4 is 53.7 Å². The fourth-order valence-corrected chi connectivity index (χ4v) is 10.2. The van der Waals surface area contributed by atoms with Gasteiger partial charge in [-0.25, -0.2) is 0 Å². The first-order valence-electron chi connectivity index (χ1n) is 16.0. The zero-order valence-electron chi connectivity index (χ0n) is 27.1. The van der Waals surface area contributed by atoms with Crippen molar-refractivity contribution in [3.8, 4) is 0 Å². The molecule has 7 aromatic rings. The first-order valence-corrected chi connectivity index (χ1v) is 18.7. The maximum Gasteiger partial charge on any atom is 1.00 e. The van der Waals surface area contributed by atoms with Crippen molar-refractivity contribution in [3.63, 3.8) is 0 Å². The summed E-state index contributed by atoms with van der Waals surface area (Å²) < 4.78 is 0. The van der Waals surface area contributed by atoms with Crippen LogP contribution in [0.3, 0.4) is 0 Å². The summed E-state index contributed by atoms with van der Waals surface area (Å²) in [7, 11) is -0.892. The Morgan fingerprint density at radius 2 is 0.551 bits per heavy atom. The third-order valence-electron chi connectivity index (χ3n) is 7.78. The first kappa shape index (κ1) is 37.9. The molecule has 0 unspecified atom stereocenters. The first-order chi connectivity index (χ1) is 23.4. The zero-order chi connectivity index (χ0) is 31.9. The van der Waals surface area contributed by atoms with Gasteiger partial charge in [-0.2, -0.15) is 0 Å². The standard InChI is InChI=1S/2C18H15P.C9H8.ClH.Ru/c2*1-4-10-16(11-5-1)19(17-12-6-2-7-13-17)18-14-8-3-9-15-18;1-2-5-9-7-3-6-8(9)4-1;;/h2*1-15H;1-6H,7H2;1H;/q;;;;+1/p-1. The van der Waals surface area contributed by atoms with Gasteiger partial charge in [0.2, 0.25) is 0 Å². The van der Waals surface area contributed by atoms with Gasteiger partial charge < -0.3 is 12.4 Å². The number of benzene rings is 7. The Kier molecular flexibility index (Phi) is 15.9. The van der Waals surface area contributed by atoms with E-state index in [9.17, 15) is 0 Å². The van der Waals surface area contributed by atoms with Crippen LogP contribution in [0.2, 0.25) is 0 Å². The summed E-state index contributed by atoms with van der Waals surface area (Å²) in [5, 5.41) is 8.39. The average molecular weight is 777 g/mol. The van der Waals surface area contributed by atoms with Crippen LogP contribution < -0.4 is 44.2 Å². The van der Waals surface area contributed by atoms with Crippen LogP contribution >= 0.6 is 15.8 Å². The summed E-state index contributed by atoms with van der Waals surface area (Å²) >= 11 is 0. The van der Waals surface area contributed by atoms with Crippen LogP contribution in [0.4, 0.5) is 0 Å². The van der Waals surface area contributed by atoms with Crippen LogP contribution in [-0.2, 0) is 25.9 Å². The fraction of sp³-hybridized carbons (Fsp3) is 0.0222. The van der Waals surface area contributed by atoms with Crippen LogP contribution in [-0.4, -0.2) is 0 Å². The molecular weight excluding hydrogens is 739 g/mol. The predicted octanol–water partition coefficient (Wildman–Crippen LogP) is 6.15. The molecule has 0 aromatic heterocycles. The number of fused-ring (bicyclic) bond motifs is 1. The van der Waals surface area contributed by atoms with E-state index in [1.165, 1.54) is 43.0 Å². The predicted molar refractivity (Wildman–Crippen MR) is 209 cm³/mol. The van der Waals surface area contributed by atoms with Gasteiger partial charge in [0.25, 0.3) is 0 Å². The number of halogens is 1. The summed E-state index contributed by atoms with van der Waals surface area (Å²) in [5.41, 5.74) is 2.84. The molecule has 0 heterocycles. The molecule has 4 heteroatoms. The van der Waals surface area contributed by atoms with E-state index in [2.05, 4.69) is 218 Å². The molecular formula is C45H38ClP2Ru. The topological polar surface area (TPSA) is 0 Å². The van der Waals surface area contributed by atoms with E-state index in [-0.39, 0.29) is 31.9 Å². The monoisotopic (exact) mass is 777 g/mol. The number of allylic oxidation sites excluding steroid dienone is 1. The van der Waals surface area contributed by atoms with Crippen molar-refractivity contribution in [2.75, 3.05) is 0 Å². The molecule has 0 saturated carbocycles. The van der Waals surface area contributed by atoms with Gasteiger partial charge in [-0.3, -0.25) is 0 Å². The molecule has 243 valence electrons. The van der Waals surface area contributed by atoms with Gasteiger partial charge >= 0.3 is 19.5 Å². The summed E-state index contributed by atoms with van der Waals surface area (Å²) in [6.07, 6.45) is 5.50. The van der Waals surface area contributed by atoms with E-state index in [0.717, 1.165) is 6.42 Å².